The summed E-state index contributed by atoms with van der Waals surface area (Å²) in [6.07, 6.45) is 12.2. The van der Waals surface area contributed by atoms with E-state index in [1.54, 1.807) is 7.11 Å². The van der Waals surface area contributed by atoms with Gasteiger partial charge in [-0.15, -0.1) is 0 Å². The Morgan fingerprint density at radius 1 is 0.765 bits per heavy atom. The van der Waals surface area contributed by atoms with E-state index in [1.807, 2.05) is 0 Å². The summed E-state index contributed by atoms with van der Waals surface area (Å²) < 4.78 is 5.51. The number of esters is 1. The maximum atomic E-state index is 13.4. The van der Waals surface area contributed by atoms with Crippen molar-refractivity contribution in [3.05, 3.63) is 0 Å². The second-order valence-electron chi connectivity index (χ2n) is 15.4. The van der Waals surface area contributed by atoms with Gasteiger partial charge in [-0.1, -0.05) is 48.5 Å². The fraction of sp³-hybridized carbons (Fsp3) is 0.935. The molecule has 0 aromatic heterocycles. The molecule has 0 heterocycles. The topological polar surface area (TPSA) is 43.4 Å². The third-order valence-electron chi connectivity index (χ3n) is 13.6. The minimum absolute atomic E-state index is 0.0746. The molecule has 2 unspecified atom stereocenters. The van der Waals surface area contributed by atoms with Crippen molar-refractivity contribution in [1.82, 2.24) is 0 Å². The van der Waals surface area contributed by atoms with E-state index in [9.17, 15) is 9.59 Å². The number of hydrogen-bond acceptors (Lipinski definition) is 3. The summed E-state index contributed by atoms with van der Waals surface area (Å²) in [4.78, 5) is 26.3. The van der Waals surface area contributed by atoms with E-state index in [1.165, 1.54) is 25.7 Å². The molecule has 0 saturated heterocycles. The molecule has 0 N–H and O–H groups in total. The van der Waals surface area contributed by atoms with Gasteiger partial charge in [0.2, 0.25) is 0 Å². The van der Waals surface area contributed by atoms with Crippen LogP contribution in [-0.4, -0.2) is 18.9 Å². The molecular formula is C31H50O3. The average molecular weight is 471 g/mol. The quantitative estimate of drug-likeness (QED) is 0.370. The molecule has 0 spiro atoms. The molecule has 0 aliphatic heterocycles. The standard InChI is InChI=1S/C31H50O3/c1-26(2)15-17-31(25(33)34-8)18-16-29(6)20(21(31)19-26)9-10-23-28(5)13-12-24(32)27(3,4)22(28)11-14-30(23,29)7/h20-23H,9-19H2,1-8H3/t20-,21?,22?,23-,28+,29-,30-,31+/m1/s1. The highest BCUT2D eigenvalue weighted by Crippen LogP contribution is 2.76. The average Bonchev–Trinajstić information content (AvgIpc) is 2.76. The van der Waals surface area contributed by atoms with E-state index in [0.29, 0.717) is 34.9 Å². The van der Waals surface area contributed by atoms with Crippen LogP contribution in [0.1, 0.15) is 119 Å². The van der Waals surface area contributed by atoms with Gasteiger partial charge < -0.3 is 4.74 Å². The van der Waals surface area contributed by atoms with Crippen molar-refractivity contribution in [2.24, 2.45) is 56.2 Å². The van der Waals surface area contributed by atoms with Crippen molar-refractivity contribution in [1.29, 1.82) is 0 Å². The SMILES string of the molecule is COC(=O)[C@]12CCC(C)(C)CC1[C@H]1CC[C@@H]3[C@@]4(C)CCC(=O)C(C)(C)C4CC[C@@]3(C)[C@]1(C)CC2. The molecule has 3 nitrogen and oxygen atoms in total. The summed E-state index contributed by atoms with van der Waals surface area (Å²) in [6.45, 7) is 17.1. The fourth-order valence-corrected chi connectivity index (χ4v) is 11.4. The van der Waals surface area contributed by atoms with Crippen LogP contribution in [0.5, 0.6) is 0 Å². The summed E-state index contributed by atoms with van der Waals surface area (Å²) in [6, 6.07) is 0. The first kappa shape index (κ1) is 24.8. The van der Waals surface area contributed by atoms with Crippen molar-refractivity contribution in [2.75, 3.05) is 7.11 Å². The Morgan fingerprint density at radius 2 is 1.44 bits per heavy atom. The Morgan fingerprint density at radius 3 is 2.12 bits per heavy atom. The first-order chi connectivity index (χ1) is 15.7. The van der Waals surface area contributed by atoms with Gasteiger partial charge in [0.25, 0.3) is 0 Å². The first-order valence-electron chi connectivity index (χ1n) is 14.3. The zero-order valence-corrected chi connectivity index (χ0v) is 23.3. The number of ketones is 1. The van der Waals surface area contributed by atoms with E-state index in [2.05, 4.69) is 48.5 Å². The largest absolute Gasteiger partial charge is 0.469 e. The van der Waals surface area contributed by atoms with E-state index in [4.69, 9.17) is 4.74 Å². The number of methoxy groups -OCH3 is 1. The van der Waals surface area contributed by atoms with Crippen LogP contribution in [0.2, 0.25) is 0 Å². The van der Waals surface area contributed by atoms with Crippen LogP contribution in [-0.2, 0) is 14.3 Å². The lowest BCUT2D eigenvalue weighted by Crippen LogP contribution is -2.67. The highest BCUT2D eigenvalue weighted by atomic mass is 16.5. The third-order valence-corrected chi connectivity index (χ3v) is 13.6. The number of ether oxygens (including phenoxy) is 1. The molecule has 0 aromatic rings. The van der Waals surface area contributed by atoms with Crippen LogP contribution in [0.15, 0.2) is 0 Å². The minimum Gasteiger partial charge on any atom is -0.469 e. The van der Waals surface area contributed by atoms with E-state index < -0.39 is 0 Å². The van der Waals surface area contributed by atoms with Gasteiger partial charge in [0, 0.05) is 11.8 Å². The van der Waals surface area contributed by atoms with Crippen molar-refractivity contribution < 1.29 is 14.3 Å². The molecular weight excluding hydrogens is 420 g/mol. The molecule has 5 aliphatic rings. The van der Waals surface area contributed by atoms with Gasteiger partial charge in [0.05, 0.1) is 12.5 Å². The lowest BCUT2D eigenvalue weighted by Gasteiger charge is -2.73. The molecule has 0 bridgehead atoms. The number of rotatable bonds is 1. The summed E-state index contributed by atoms with van der Waals surface area (Å²) >= 11 is 0. The van der Waals surface area contributed by atoms with Crippen molar-refractivity contribution in [3.8, 4) is 0 Å². The second kappa shape index (κ2) is 7.34. The number of Topliss-reactive ketones (excluding diaryl/α,β-unsaturated/α-hetero) is 1. The highest BCUT2D eigenvalue weighted by Gasteiger charge is 2.71. The van der Waals surface area contributed by atoms with Gasteiger partial charge in [0.15, 0.2) is 0 Å². The Labute approximate surface area is 208 Å². The van der Waals surface area contributed by atoms with Crippen molar-refractivity contribution >= 4 is 11.8 Å². The Hall–Kier alpha value is -0.860. The van der Waals surface area contributed by atoms with Gasteiger partial charge >= 0.3 is 5.97 Å². The predicted molar refractivity (Wildman–Crippen MR) is 136 cm³/mol. The molecule has 0 radical (unpaired) electrons. The second-order valence-corrected chi connectivity index (χ2v) is 15.4. The Bertz CT molecular complexity index is 887. The molecule has 0 aromatic carbocycles. The monoisotopic (exact) mass is 470 g/mol. The van der Waals surface area contributed by atoms with Crippen LogP contribution < -0.4 is 0 Å². The van der Waals surface area contributed by atoms with Crippen LogP contribution in [0.25, 0.3) is 0 Å². The number of hydrogen-bond donors (Lipinski definition) is 0. The fourth-order valence-electron chi connectivity index (χ4n) is 11.4. The molecule has 5 fully saturated rings. The number of carbonyl (C=O) groups excluding carboxylic acids is 2. The Kier molecular flexibility index (Phi) is 5.36. The lowest BCUT2D eigenvalue weighted by molar-refractivity contribution is -0.244. The van der Waals surface area contributed by atoms with Crippen LogP contribution in [0.3, 0.4) is 0 Å². The van der Waals surface area contributed by atoms with Crippen LogP contribution in [0, 0.1) is 56.2 Å². The van der Waals surface area contributed by atoms with Gasteiger partial charge in [-0.3, -0.25) is 9.59 Å². The van der Waals surface area contributed by atoms with E-state index >= 15 is 0 Å². The first-order valence-corrected chi connectivity index (χ1v) is 14.3. The molecule has 3 heteroatoms. The van der Waals surface area contributed by atoms with Crippen molar-refractivity contribution in [3.63, 3.8) is 0 Å². The van der Waals surface area contributed by atoms with Crippen LogP contribution in [0.4, 0.5) is 0 Å². The summed E-state index contributed by atoms with van der Waals surface area (Å²) in [5.74, 6) is 2.78. The van der Waals surface area contributed by atoms with Crippen molar-refractivity contribution in [2.45, 2.75) is 119 Å². The van der Waals surface area contributed by atoms with Crippen LogP contribution >= 0.6 is 0 Å². The smallest absolute Gasteiger partial charge is 0.312 e. The molecule has 192 valence electrons. The maximum absolute atomic E-state index is 13.4. The summed E-state index contributed by atoms with van der Waals surface area (Å²) in [5, 5.41) is 0. The molecule has 5 saturated carbocycles. The Balaban J connectivity index is 1.55. The summed E-state index contributed by atoms with van der Waals surface area (Å²) in [7, 11) is 1.61. The van der Waals surface area contributed by atoms with E-state index in [-0.39, 0.29) is 33.0 Å². The zero-order chi connectivity index (χ0) is 24.9. The normalized spacial score (nSPS) is 51.4. The molecule has 8 atom stereocenters. The van der Waals surface area contributed by atoms with Gasteiger partial charge in [0.1, 0.15) is 5.78 Å². The maximum Gasteiger partial charge on any atom is 0.312 e. The van der Waals surface area contributed by atoms with Gasteiger partial charge in [-0.2, -0.15) is 0 Å². The molecule has 5 aliphatic carbocycles. The summed E-state index contributed by atoms with van der Waals surface area (Å²) in [5.41, 5.74) is 0.632. The zero-order valence-electron chi connectivity index (χ0n) is 23.3. The third kappa shape index (κ3) is 2.94. The van der Waals surface area contributed by atoms with E-state index in [0.717, 1.165) is 44.9 Å². The number of fused-ring (bicyclic) bond motifs is 7. The molecule has 34 heavy (non-hydrogen) atoms. The molecule has 5 rings (SSSR count). The minimum atomic E-state index is -0.266. The van der Waals surface area contributed by atoms with Gasteiger partial charge in [-0.25, -0.2) is 0 Å². The highest BCUT2D eigenvalue weighted by molar-refractivity contribution is 5.85. The predicted octanol–water partition coefficient (Wildman–Crippen LogP) is 7.61. The lowest BCUT2D eigenvalue weighted by atomic mass is 9.31. The molecule has 0 amide bonds. The van der Waals surface area contributed by atoms with Gasteiger partial charge in [-0.05, 0) is 110 Å². The number of carbonyl (C=O) groups is 2.